The first-order valence-electron chi connectivity index (χ1n) is 6.12. The van der Waals surface area contributed by atoms with Crippen molar-refractivity contribution in [2.24, 2.45) is 0 Å². The molecule has 1 atom stereocenters. The van der Waals surface area contributed by atoms with E-state index in [2.05, 4.69) is 43.3 Å². The molecule has 0 spiro atoms. The van der Waals surface area contributed by atoms with Gasteiger partial charge in [-0.05, 0) is 42.7 Å². The van der Waals surface area contributed by atoms with E-state index in [9.17, 15) is 5.11 Å². The Balaban J connectivity index is 2.00. The number of hydrogen-bond acceptors (Lipinski definition) is 2. The molecule has 0 radical (unpaired) electrons. The third-order valence-corrected chi connectivity index (χ3v) is 4.08. The Labute approximate surface area is 113 Å². The van der Waals surface area contributed by atoms with E-state index >= 15 is 0 Å². The van der Waals surface area contributed by atoms with Gasteiger partial charge in [-0.2, -0.15) is 0 Å². The SMILES string of the molecule is Cc1ccccc1CSc1ccc(C(C)O)cc1. The molecule has 2 rings (SSSR count). The van der Waals surface area contributed by atoms with E-state index in [0.717, 1.165) is 11.3 Å². The molecule has 1 unspecified atom stereocenters. The van der Waals surface area contributed by atoms with Crippen molar-refractivity contribution >= 4 is 11.8 Å². The first kappa shape index (κ1) is 13.2. The Morgan fingerprint density at radius 2 is 1.72 bits per heavy atom. The predicted octanol–water partition coefficient (Wildman–Crippen LogP) is 4.34. The molecule has 0 fully saturated rings. The van der Waals surface area contributed by atoms with Gasteiger partial charge in [-0.25, -0.2) is 0 Å². The van der Waals surface area contributed by atoms with Gasteiger partial charge in [-0.1, -0.05) is 36.4 Å². The van der Waals surface area contributed by atoms with Crippen LogP contribution in [0, 0.1) is 6.92 Å². The molecule has 0 aromatic heterocycles. The average molecular weight is 258 g/mol. The van der Waals surface area contributed by atoms with Crippen molar-refractivity contribution < 1.29 is 5.11 Å². The highest BCUT2D eigenvalue weighted by Gasteiger charge is 2.02. The topological polar surface area (TPSA) is 20.2 Å². The van der Waals surface area contributed by atoms with E-state index in [0.29, 0.717) is 0 Å². The number of hydrogen-bond donors (Lipinski definition) is 1. The van der Waals surface area contributed by atoms with Crippen LogP contribution in [0.1, 0.15) is 29.7 Å². The number of aryl methyl sites for hydroxylation is 1. The van der Waals surface area contributed by atoms with E-state index in [1.165, 1.54) is 16.0 Å². The normalized spacial score (nSPS) is 12.4. The van der Waals surface area contributed by atoms with Crippen LogP contribution >= 0.6 is 11.8 Å². The molecule has 0 aliphatic heterocycles. The van der Waals surface area contributed by atoms with E-state index < -0.39 is 0 Å². The van der Waals surface area contributed by atoms with Gasteiger partial charge in [0, 0.05) is 10.6 Å². The van der Waals surface area contributed by atoms with Gasteiger partial charge in [0.1, 0.15) is 0 Å². The van der Waals surface area contributed by atoms with E-state index in [-0.39, 0.29) is 6.10 Å². The molecular weight excluding hydrogens is 240 g/mol. The monoisotopic (exact) mass is 258 g/mol. The van der Waals surface area contributed by atoms with E-state index in [1.807, 2.05) is 23.9 Å². The number of rotatable bonds is 4. The van der Waals surface area contributed by atoms with Crippen LogP contribution in [-0.4, -0.2) is 5.11 Å². The van der Waals surface area contributed by atoms with Gasteiger partial charge < -0.3 is 5.11 Å². The summed E-state index contributed by atoms with van der Waals surface area (Å²) in [5.41, 5.74) is 3.68. The van der Waals surface area contributed by atoms with Crippen LogP contribution in [0.25, 0.3) is 0 Å². The summed E-state index contributed by atoms with van der Waals surface area (Å²) in [4.78, 5) is 1.24. The fourth-order valence-electron chi connectivity index (χ4n) is 1.78. The summed E-state index contributed by atoms with van der Waals surface area (Å²) in [5.74, 6) is 0.987. The molecule has 0 aliphatic carbocycles. The molecule has 2 aromatic rings. The first-order chi connectivity index (χ1) is 8.66. The summed E-state index contributed by atoms with van der Waals surface area (Å²) in [6.45, 7) is 3.93. The molecule has 0 amide bonds. The summed E-state index contributed by atoms with van der Waals surface area (Å²) in [6, 6.07) is 16.6. The molecule has 18 heavy (non-hydrogen) atoms. The van der Waals surface area contributed by atoms with Gasteiger partial charge >= 0.3 is 0 Å². The zero-order chi connectivity index (χ0) is 13.0. The Morgan fingerprint density at radius 3 is 2.33 bits per heavy atom. The fraction of sp³-hybridized carbons (Fsp3) is 0.250. The van der Waals surface area contributed by atoms with Gasteiger partial charge in [0.15, 0.2) is 0 Å². The lowest BCUT2D eigenvalue weighted by atomic mass is 10.1. The standard InChI is InChI=1S/C16H18OS/c1-12-5-3-4-6-15(12)11-18-16-9-7-14(8-10-16)13(2)17/h3-10,13,17H,11H2,1-2H3. The summed E-state index contributed by atoms with van der Waals surface area (Å²) in [6.07, 6.45) is -0.389. The maximum absolute atomic E-state index is 9.45. The maximum Gasteiger partial charge on any atom is 0.0761 e. The molecule has 0 saturated carbocycles. The van der Waals surface area contributed by atoms with Gasteiger partial charge in [-0.15, -0.1) is 11.8 Å². The predicted molar refractivity (Wildman–Crippen MR) is 77.8 cm³/mol. The van der Waals surface area contributed by atoms with Crippen molar-refractivity contribution in [2.45, 2.75) is 30.6 Å². The molecule has 0 aliphatic rings. The Kier molecular flexibility index (Phi) is 4.45. The van der Waals surface area contributed by atoms with Gasteiger partial charge in [-0.3, -0.25) is 0 Å². The lowest BCUT2D eigenvalue weighted by Gasteiger charge is -2.07. The third kappa shape index (κ3) is 3.37. The van der Waals surface area contributed by atoms with E-state index in [4.69, 9.17) is 0 Å². The van der Waals surface area contributed by atoms with Crippen molar-refractivity contribution in [3.63, 3.8) is 0 Å². The summed E-state index contributed by atoms with van der Waals surface area (Å²) < 4.78 is 0. The van der Waals surface area contributed by atoms with E-state index in [1.54, 1.807) is 6.92 Å². The van der Waals surface area contributed by atoms with Crippen LogP contribution in [0.4, 0.5) is 0 Å². The quantitative estimate of drug-likeness (QED) is 0.823. The molecule has 1 N–H and O–H groups in total. The van der Waals surface area contributed by atoms with Gasteiger partial charge in [0.2, 0.25) is 0 Å². The number of aliphatic hydroxyl groups excluding tert-OH is 1. The molecule has 0 bridgehead atoms. The second-order valence-electron chi connectivity index (χ2n) is 4.46. The third-order valence-electron chi connectivity index (χ3n) is 3.02. The summed E-state index contributed by atoms with van der Waals surface area (Å²) >= 11 is 1.83. The second-order valence-corrected chi connectivity index (χ2v) is 5.51. The van der Waals surface area contributed by atoms with Crippen LogP contribution < -0.4 is 0 Å². The lowest BCUT2D eigenvalue weighted by Crippen LogP contribution is -1.90. The Hall–Kier alpha value is -1.25. The Bertz CT molecular complexity index is 503. The summed E-state index contributed by atoms with van der Waals surface area (Å²) in [7, 11) is 0. The van der Waals surface area contributed by atoms with Crippen LogP contribution in [0.3, 0.4) is 0 Å². The maximum atomic E-state index is 9.45. The van der Waals surface area contributed by atoms with Crippen LogP contribution in [-0.2, 0) is 5.75 Å². The Morgan fingerprint density at radius 1 is 1.06 bits per heavy atom. The molecule has 2 heteroatoms. The number of aliphatic hydroxyl groups is 1. The second kappa shape index (κ2) is 6.07. The highest BCUT2D eigenvalue weighted by molar-refractivity contribution is 7.98. The smallest absolute Gasteiger partial charge is 0.0761 e. The zero-order valence-electron chi connectivity index (χ0n) is 10.8. The highest BCUT2D eigenvalue weighted by Crippen LogP contribution is 2.25. The van der Waals surface area contributed by atoms with Gasteiger partial charge in [0.05, 0.1) is 6.10 Å². The average Bonchev–Trinajstić information content (AvgIpc) is 2.38. The minimum absolute atomic E-state index is 0.389. The van der Waals surface area contributed by atoms with Crippen molar-refractivity contribution in [1.82, 2.24) is 0 Å². The van der Waals surface area contributed by atoms with Crippen LogP contribution in [0.2, 0.25) is 0 Å². The molecule has 0 saturated heterocycles. The number of thioether (sulfide) groups is 1. The first-order valence-corrected chi connectivity index (χ1v) is 7.10. The van der Waals surface area contributed by atoms with Crippen molar-refractivity contribution in [2.75, 3.05) is 0 Å². The molecular formula is C16H18OS. The lowest BCUT2D eigenvalue weighted by molar-refractivity contribution is 0.199. The largest absolute Gasteiger partial charge is 0.389 e. The fourth-order valence-corrected chi connectivity index (χ4v) is 2.75. The minimum Gasteiger partial charge on any atom is -0.389 e. The molecule has 2 aromatic carbocycles. The van der Waals surface area contributed by atoms with Crippen molar-refractivity contribution in [1.29, 1.82) is 0 Å². The van der Waals surface area contributed by atoms with Crippen molar-refractivity contribution in [3.8, 4) is 0 Å². The minimum atomic E-state index is -0.389. The van der Waals surface area contributed by atoms with Crippen LogP contribution in [0.15, 0.2) is 53.4 Å². The molecule has 0 heterocycles. The number of benzene rings is 2. The van der Waals surface area contributed by atoms with Crippen molar-refractivity contribution in [3.05, 3.63) is 65.2 Å². The van der Waals surface area contributed by atoms with Crippen LogP contribution in [0.5, 0.6) is 0 Å². The summed E-state index contributed by atoms with van der Waals surface area (Å²) in [5, 5.41) is 9.45. The highest BCUT2D eigenvalue weighted by atomic mass is 32.2. The molecule has 94 valence electrons. The van der Waals surface area contributed by atoms with Gasteiger partial charge in [0.25, 0.3) is 0 Å². The molecule has 1 nitrogen and oxygen atoms in total. The zero-order valence-corrected chi connectivity index (χ0v) is 11.6.